The Morgan fingerprint density at radius 2 is 1.83 bits per heavy atom. The molecule has 6 nitrogen and oxygen atoms in total. The van der Waals surface area contributed by atoms with Crippen LogP contribution in [0.25, 0.3) is 0 Å². The third-order valence-electron chi connectivity index (χ3n) is 2.65. The molecular weight excluding hydrogens is 238 g/mol. The molecule has 0 unspecified atom stereocenters. The molecule has 0 saturated carbocycles. The number of amides is 1. The molecule has 0 atom stereocenters. The molecule has 18 heavy (non-hydrogen) atoms. The van der Waals surface area contributed by atoms with E-state index in [2.05, 4.69) is 0 Å². The van der Waals surface area contributed by atoms with Crippen LogP contribution in [-0.4, -0.2) is 52.5 Å². The molecule has 1 N–H and O–H groups in total. The monoisotopic (exact) mass is 259 g/mol. The maximum absolute atomic E-state index is 12.1. The van der Waals surface area contributed by atoms with Crippen LogP contribution in [0.1, 0.15) is 34.6 Å². The van der Waals surface area contributed by atoms with Crippen molar-refractivity contribution in [2.75, 3.05) is 13.2 Å². The molecule has 6 heteroatoms. The number of carbonyl (C=O) groups is 2. The molecule has 1 fully saturated rings. The second-order valence-corrected chi connectivity index (χ2v) is 5.77. The summed E-state index contributed by atoms with van der Waals surface area (Å²) in [7, 11) is 0. The Morgan fingerprint density at radius 3 is 2.06 bits per heavy atom. The van der Waals surface area contributed by atoms with E-state index in [0.29, 0.717) is 0 Å². The summed E-state index contributed by atoms with van der Waals surface area (Å²) in [6.45, 7) is 8.75. The third kappa shape index (κ3) is 2.75. The van der Waals surface area contributed by atoms with Crippen LogP contribution in [0.3, 0.4) is 0 Å². The van der Waals surface area contributed by atoms with Gasteiger partial charge in [-0.1, -0.05) is 0 Å². The molecule has 1 aliphatic rings. The molecular formula is C12H21NO5. The molecule has 1 aliphatic heterocycles. The summed E-state index contributed by atoms with van der Waals surface area (Å²) in [4.78, 5) is 24.8. The largest absolute Gasteiger partial charge is 0.479 e. The topological polar surface area (TPSA) is 76.1 Å². The van der Waals surface area contributed by atoms with Gasteiger partial charge >= 0.3 is 12.1 Å². The first kappa shape index (κ1) is 14.8. The van der Waals surface area contributed by atoms with Gasteiger partial charge in [-0.25, -0.2) is 9.59 Å². The third-order valence-corrected chi connectivity index (χ3v) is 2.65. The highest BCUT2D eigenvalue weighted by Gasteiger charge is 2.55. The van der Waals surface area contributed by atoms with Crippen LogP contribution in [0, 0.1) is 0 Å². The van der Waals surface area contributed by atoms with Crippen LogP contribution < -0.4 is 0 Å². The van der Waals surface area contributed by atoms with E-state index in [0.717, 1.165) is 0 Å². The van der Waals surface area contributed by atoms with Crippen LogP contribution in [0.4, 0.5) is 4.79 Å². The molecule has 1 saturated heterocycles. The van der Waals surface area contributed by atoms with Crippen LogP contribution in [0.2, 0.25) is 0 Å². The number of ether oxygens (including phenoxy) is 2. The van der Waals surface area contributed by atoms with E-state index in [1.54, 1.807) is 34.6 Å². The van der Waals surface area contributed by atoms with Crippen LogP contribution in [0.15, 0.2) is 0 Å². The normalized spacial score (nSPS) is 18.1. The highest BCUT2D eigenvalue weighted by molar-refractivity contribution is 5.86. The second-order valence-electron chi connectivity index (χ2n) is 5.77. The Labute approximate surface area is 107 Å². The van der Waals surface area contributed by atoms with Crippen molar-refractivity contribution in [2.45, 2.75) is 51.8 Å². The van der Waals surface area contributed by atoms with Crippen LogP contribution in [-0.2, 0) is 14.3 Å². The van der Waals surface area contributed by atoms with E-state index in [1.807, 2.05) is 0 Å². The fraction of sp³-hybridized carbons (Fsp3) is 0.833. The van der Waals surface area contributed by atoms with E-state index in [1.165, 1.54) is 4.90 Å². The molecule has 0 radical (unpaired) electrons. The van der Waals surface area contributed by atoms with Crippen molar-refractivity contribution in [3.63, 3.8) is 0 Å². The number of hydrogen-bond donors (Lipinski definition) is 1. The van der Waals surface area contributed by atoms with Gasteiger partial charge in [0.05, 0.1) is 13.2 Å². The molecule has 0 bridgehead atoms. The minimum absolute atomic E-state index is 0.000242. The zero-order valence-electron chi connectivity index (χ0n) is 11.5. The van der Waals surface area contributed by atoms with Crippen molar-refractivity contribution in [1.82, 2.24) is 4.90 Å². The summed E-state index contributed by atoms with van der Waals surface area (Å²) in [5, 5.41) is 9.32. The molecule has 1 heterocycles. The van der Waals surface area contributed by atoms with E-state index >= 15 is 0 Å². The van der Waals surface area contributed by atoms with Crippen molar-refractivity contribution in [3.05, 3.63) is 0 Å². The lowest BCUT2D eigenvalue weighted by Crippen LogP contribution is -2.70. The Bertz CT molecular complexity index is 341. The second kappa shape index (κ2) is 4.76. The SMILES string of the molecule is CC(C)N(C(=O)OC(C)(C)C)C1(C(=O)O)COC1. The fourth-order valence-electron chi connectivity index (χ4n) is 1.85. The summed E-state index contributed by atoms with van der Waals surface area (Å²) in [5.41, 5.74) is -1.95. The Kier molecular flexibility index (Phi) is 3.90. The lowest BCUT2D eigenvalue weighted by atomic mass is 9.94. The maximum atomic E-state index is 12.1. The zero-order valence-corrected chi connectivity index (χ0v) is 11.5. The number of nitrogens with zero attached hydrogens (tertiary/aromatic N) is 1. The van der Waals surface area contributed by atoms with Gasteiger partial charge in [-0.05, 0) is 34.6 Å². The van der Waals surface area contributed by atoms with Gasteiger partial charge in [-0.2, -0.15) is 0 Å². The first-order chi connectivity index (χ1) is 8.10. The predicted octanol–water partition coefficient (Wildman–Crippen LogP) is 1.49. The lowest BCUT2D eigenvalue weighted by molar-refractivity contribution is -0.188. The summed E-state index contributed by atoms with van der Waals surface area (Å²) >= 11 is 0. The molecule has 104 valence electrons. The number of aliphatic carboxylic acids is 1. The Balaban J connectivity index is 2.96. The van der Waals surface area contributed by atoms with E-state index < -0.39 is 23.2 Å². The van der Waals surface area contributed by atoms with Crippen molar-refractivity contribution in [3.8, 4) is 0 Å². The van der Waals surface area contributed by atoms with E-state index in [9.17, 15) is 14.7 Å². The van der Waals surface area contributed by atoms with Gasteiger partial charge in [0.15, 0.2) is 5.54 Å². The van der Waals surface area contributed by atoms with Gasteiger partial charge in [0.2, 0.25) is 0 Å². The van der Waals surface area contributed by atoms with E-state index in [4.69, 9.17) is 9.47 Å². The quantitative estimate of drug-likeness (QED) is 0.831. The van der Waals surface area contributed by atoms with Gasteiger partial charge in [0, 0.05) is 6.04 Å². The molecule has 0 aromatic carbocycles. The number of carbonyl (C=O) groups excluding carboxylic acids is 1. The number of hydrogen-bond acceptors (Lipinski definition) is 4. The predicted molar refractivity (Wildman–Crippen MR) is 64.4 cm³/mol. The fourth-order valence-corrected chi connectivity index (χ4v) is 1.85. The van der Waals surface area contributed by atoms with Gasteiger partial charge in [0.1, 0.15) is 5.60 Å². The maximum Gasteiger partial charge on any atom is 0.411 e. The van der Waals surface area contributed by atoms with E-state index in [-0.39, 0.29) is 19.3 Å². The number of carboxylic acid groups (broad SMARTS) is 1. The Morgan fingerprint density at radius 1 is 1.33 bits per heavy atom. The smallest absolute Gasteiger partial charge is 0.411 e. The molecule has 0 aliphatic carbocycles. The average molecular weight is 259 g/mol. The summed E-state index contributed by atoms with van der Waals surface area (Å²) in [5.74, 6) is -1.06. The van der Waals surface area contributed by atoms with Crippen molar-refractivity contribution in [2.24, 2.45) is 0 Å². The first-order valence-corrected chi connectivity index (χ1v) is 5.93. The average Bonchev–Trinajstić information content (AvgIpc) is 2.05. The number of rotatable bonds is 3. The highest BCUT2D eigenvalue weighted by Crippen LogP contribution is 2.29. The van der Waals surface area contributed by atoms with Crippen molar-refractivity contribution < 1.29 is 24.2 Å². The minimum atomic E-state index is -1.30. The lowest BCUT2D eigenvalue weighted by Gasteiger charge is -2.47. The first-order valence-electron chi connectivity index (χ1n) is 5.93. The molecule has 1 amide bonds. The molecule has 0 aromatic heterocycles. The standard InChI is InChI=1S/C12H21NO5/c1-8(2)13(10(16)18-11(3,4)5)12(9(14)15)6-17-7-12/h8H,6-7H2,1-5H3,(H,14,15). The Hall–Kier alpha value is -1.30. The molecule has 0 spiro atoms. The van der Waals surface area contributed by atoms with Crippen LogP contribution >= 0.6 is 0 Å². The van der Waals surface area contributed by atoms with Gasteiger partial charge in [0.25, 0.3) is 0 Å². The zero-order chi connectivity index (χ0) is 14.1. The summed E-state index contributed by atoms with van der Waals surface area (Å²) in [6, 6.07) is -0.278. The molecule has 1 rings (SSSR count). The van der Waals surface area contributed by atoms with Gasteiger partial charge < -0.3 is 14.6 Å². The van der Waals surface area contributed by atoms with Crippen molar-refractivity contribution in [1.29, 1.82) is 0 Å². The summed E-state index contributed by atoms with van der Waals surface area (Å²) in [6.07, 6.45) is -0.622. The number of carboxylic acids is 1. The van der Waals surface area contributed by atoms with Crippen molar-refractivity contribution >= 4 is 12.1 Å². The highest BCUT2D eigenvalue weighted by atomic mass is 16.6. The van der Waals surface area contributed by atoms with Gasteiger partial charge in [-0.3, -0.25) is 4.90 Å². The van der Waals surface area contributed by atoms with Gasteiger partial charge in [-0.15, -0.1) is 0 Å². The van der Waals surface area contributed by atoms with Crippen LogP contribution in [0.5, 0.6) is 0 Å². The summed E-state index contributed by atoms with van der Waals surface area (Å²) < 4.78 is 10.2. The minimum Gasteiger partial charge on any atom is -0.479 e. The molecule has 0 aromatic rings.